The number of carboxylic acids is 1. The van der Waals surface area contributed by atoms with Gasteiger partial charge in [0.2, 0.25) is 0 Å². The maximum Gasteiger partial charge on any atom is 0.335 e. The Morgan fingerprint density at radius 1 is 0.650 bits per heavy atom. The normalized spacial score (nSPS) is 12.2. The number of unbranched alkanes of at least 4 members (excludes halogenated alkanes) is 6. The Morgan fingerprint density at radius 3 is 1.48 bits per heavy atom. The summed E-state index contributed by atoms with van der Waals surface area (Å²) >= 11 is 0. The number of carbonyl (C=O) groups excluding carboxylic acids is 1. The summed E-state index contributed by atoms with van der Waals surface area (Å²) < 4.78 is 16.2. The lowest BCUT2D eigenvalue weighted by molar-refractivity contribution is -0.156. The molecule has 0 amide bonds. The predicted octanol–water partition coefficient (Wildman–Crippen LogP) is 6.45. The molecule has 0 bridgehead atoms. The van der Waals surface area contributed by atoms with Crippen molar-refractivity contribution in [3.63, 3.8) is 0 Å². The van der Waals surface area contributed by atoms with Crippen LogP contribution in [0, 0.1) is 0 Å². The standard InChI is InChI=1S/C17H26O4.C15H22O4/c1-3-5-6-7-12-21-16(17(19)20-4-2)13-14-8-10-15(18)11-9-14;1-2-3-4-5-10-19-14(15(17)18)11-12-6-8-13(16)9-7-12/h8-11,16,18H,3-7,12-13H2,1-2H3;6-9,14,16H,2-5,10-11H2,1H3,(H,17,18)/t16-;/m1./s1. The summed E-state index contributed by atoms with van der Waals surface area (Å²) in [4.78, 5) is 23.1. The molecule has 0 saturated heterocycles. The Balaban J connectivity index is 0.000000402. The van der Waals surface area contributed by atoms with Crippen molar-refractivity contribution in [1.82, 2.24) is 0 Å². The highest BCUT2D eigenvalue weighted by atomic mass is 16.6. The molecule has 0 radical (unpaired) electrons. The van der Waals surface area contributed by atoms with Gasteiger partial charge >= 0.3 is 11.9 Å². The van der Waals surface area contributed by atoms with Crippen molar-refractivity contribution < 1.29 is 39.1 Å². The SMILES string of the molecule is CCCCCCOC(Cc1ccc(O)cc1)C(=O)O.CCCCCCO[C@H](Cc1ccc(O)cc1)C(=O)OCC. The van der Waals surface area contributed by atoms with E-state index in [0.717, 1.165) is 49.7 Å². The molecule has 0 aliphatic heterocycles. The third-order valence-corrected chi connectivity index (χ3v) is 6.17. The van der Waals surface area contributed by atoms with Crippen molar-refractivity contribution in [2.24, 2.45) is 0 Å². The molecule has 0 aliphatic rings. The number of phenols is 2. The molecule has 40 heavy (non-hydrogen) atoms. The fourth-order valence-electron chi connectivity index (χ4n) is 3.86. The second-order valence-electron chi connectivity index (χ2n) is 9.67. The van der Waals surface area contributed by atoms with E-state index in [1.54, 1.807) is 55.5 Å². The van der Waals surface area contributed by atoms with Gasteiger partial charge in [-0.3, -0.25) is 0 Å². The second kappa shape index (κ2) is 21.7. The Kier molecular flexibility index (Phi) is 18.9. The molecule has 0 heterocycles. The topological polar surface area (TPSA) is 123 Å². The summed E-state index contributed by atoms with van der Waals surface area (Å²) in [5, 5.41) is 27.6. The molecular weight excluding hydrogens is 512 g/mol. The zero-order chi connectivity index (χ0) is 29.6. The molecule has 8 heteroatoms. The maximum absolute atomic E-state index is 11.9. The number of carboxylic acid groups (broad SMARTS) is 1. The number of aromatic hydroxyl groups is 2. The predicted molar refractivity (Wildman–Crippen MR) is 156 cm³/mol. The molecule has 1 unspecified atom stereocenters. The third kappa shape index (κ3) is 16.1. The van der Waals surface area contributed by atoms with E-state index >= 15 is 0 Å². The molecule has 0 aliphatic carbocycles. The van der Waals surface area contributed by atoms with E-state index in [2.05, 4.69) is 13.8 Å². The van der Waals surface area contributed by atoms with Crippen LogP contribution in [0.2, 0.25) is 0 Å². The lowest BCUT2D eigenvalue weighted by Crippen LogP contribution is -2.29. The summed E-state index contributed by atoms with van der Waals surface area (Å²) in [6.45, 7) is 7.48. The fraction of sp³-hybridized carbons (Fsp3) is 0.562. The molecule has 0 saturated carbocycles. The van der Waals surface area contributed by atoms with Gasteiger partial charge in [-0.15, -0.1) is 0 Å². The number of phenolic OH excluding ortho intramolecular Hbond substituents is 2. The van der Waals surface area contributed by atoms with Crippen molar-refractivity contribution in [3.05, 3.63) is 59.7 Å². The lowest BCUT2D eigenvalue weighted by Gasteiger charge is -2.16. The van der Waals surface area contributed by atoms with Gasteiger partial charge in [-0.1, -0.05) is 76.6 Å². The van der Waals surface area contributed by atoms with Gasteiger partial charge in [0, 0.05) is 26.1 Å². The molecule has 2 aromatic carbocycles. The first kappa shape index (κ1) is 34.9. The molecule has 2 rings (SSSR count). The Hall–Kier alpha value is -3.10. The molecule has 2 atom stereocenters. The first-order chi connectivity index (χ1) is 19.3. The Morgan fingerprint density at radius 2 is 1.07 bits per heavy atom. The van der Waals surface area contributed by atoms with Crippen LogP contribution in [-0.4, -0.2) is 59.3 Å². The molecule has 0 spiro atoms. The van der Waals surface area contributed by atoms with Crippen LogP contribution in [0.1, 0.15) is 83.3 Å². The number of carbonyl (C=O) groups is 2. The van der Waals surface area contributed by atoms with Gasteiger partial charge in [-0.2, -0.15) is 0 Å². The van der Waals surface area contributed by atoms with Gasteiger partial charge < -0.3 is 29.5 Å². The van der Waals surface area contributed by atoms with E-state index < -0.39 is 18.2 Å². The zero-order valence-electron chi connectivity index (χ0n) is 24.3. The monoisotopic (exact) mass is 560 g/mol. The van der Waals surface area contributed by atoms with Crippen LogP contribution in [0.5, 0.6) is 11.5 Å². The van der Waals surface area contributed by atoms with Crippen molar-refractivity contribution in [3.8, 4) is 11.5 Å². The van der Waals surface area contributed by atoms with Gasteiger partial charge in [-0.05, 0) is 55.2 Å². The number of esters is 1. The van der Waals surface area contributed by atoms with Crippen molar-refractivity contribution >= 4 is 11.9 Å². The molecule has 3 N–H and O–H groups in total. The molecule has 224 valence electrons. The minimum atomic E-state index is -0.941. The van der Waals surface area contributed by atoms with Crippen LogP contribution in [0.15, 0.2) is 48.5 Å². The maximum atomic E-state index is 11.9. The van der Waals surface area contributed by atoms with E-state index in [-0.39, 0.29) is 17.5 Å². The van der Waals surface area contributed by atoms with Crippen molar-refractivity contribution in [2.45, 2.75) is 97.2 Å². The quantitative estimate of drug-likeness (QED) is 0.132. The van der Waals surface area contributed by atoms with Crippen LogP contribution in [-0.2, 0) is 36.6 Å². The van der Waals surface area contributed by atoms with Crippen LogP contribution in [0.3, 0.4) is 0 Å². The highest BCUT2D eigenvalue weighted by molar-refractivity contribution is 5.75. The number of ether oxygens (including phenoxy) is 3. The van der Waals surface area contributed by atoms with Gasteiger partial charge in [-0.25, -0.2) is 9.59 Å². The smallest absolute Gasteiger partial charge is 0.335 e. The Labute approximate surface area is 239 Å². The number of benzene rings is 2. The largest absolute Gasteiger partial charge is 0.508 e. The van der Waals surface area contributed by atoms with Gasteiger partial charge in [0.05, 0.1) is 6.61 Å². The highest BCUT2D eigenvalue weighted by Gasteiger charge is 2.21. The third-order valence-electron chi connectivity index (χ3n) is 6.17. The highest BCUT2D eigenvalue weighted by Crippen LogP contribution is 2.15. The Bertz CT molecular complexity index is 927. The molecule has 0 aromatic heterocycles. The van der Waals surface area contributed by atoms with E-state index in [1.165, 1.54) is 12.8 Å². The van der Waals surface area contributed by atoms with Gasteiger partial charge in [0.15, 0.2) is 12.2 Å². The molecule has 0 fully saturated rings. The van der Waals surface area contributed by atoms with Crippen LogP contribution < -0.4 is 0 Å². The number of rotatable bonds is 19. The summed E-state index contributed by atoms with van der Waals surface area (Å²) in [6.07, 6.45) is 8.10. The summed E-state index contributed by atoms with van der Waals surface area (Å²) in [7, 11) is 0. The molecule has 8 nitrogen and oxygen atoms in total. The molecule has 2 aromatic rings. The lowest BCUT2D eigenvalue weighted by atomic mass is 10.1. The van der Waals surface area contributed by atoms with Crippen molar-refractivity contribution in [1.29, 1.82) is 0 Å². The minimum absolute atomic E-state index is 0.177. The van der Waals surface area contributed by atoms with E-state index in [4.69, 9.17) is 19.3 Å². The van der Waals surface area contributed by atoms with Crippen LogP contribution in [0.25, 0.3) is 0 Å². The van der Waals surface area contributed by atoms with Gasteiger partial charge in [0.1, 0.15) is 11.5 Å². The van der Waals surface area contributed by atoms with Crippen LogP contribution in [0.4, 0.5) is 0 Å². The minimum Gasteiger partial charge on any atom is -0.508 e. The van der Waals surface area contributed by atoms with Crippen molar-refractivity contribution in [2.75, 3.05) is 19.8 Å². The molecular formula is C32H48O8. The second-order valence-corrected chi connectivity index (χ2v) is 9.67. The number of aliphatic carboxylic acids is 1. The van der Waals surface area contributed by atoms with E-state index in [9.17, 15) is 19.8 Å². The van der Waals surface area contributed by atoms with Crippen LogP contribution >= 0.6 is 0 Å². The summed E-state index contributed by atoms with van der Waals surface area (Å²) in [6, 6.07) is 13.3. The van der Waals surface area contributed by atoms with E-state index in [1.807, 2.05) is 0 Å². The first-order valence-electron chi connectivity index (χ1n) is 14.5. The fourth-order valence-corrected chi connectivity index (χ4v) is 3.86. The van der Waals surface area contributed by atoms with Gasteiger partial charge in [0.25, 0.3) is 0 Å². The average Bonchev–Trinajstić information content (AvgIpc) is 2.94. The van der Waals surface area contributed by atoms with E-state index in [0.29, 0.717) is 32.7 Å². The number of hydrogen-bond acceptors (Lipinski definition) is 7. The summed E-state index contributed by atoms with van der Waals surface area (Å²) in [5.41, 5.74) is 1.79. The summed E-state index contributed by atoms with van der Waals surface area (Å²) in [5.74, 6) is -0.868. The average molecular weight is 561 g/mol. The number of hydrogen-bond donors (Lipinski definition) is 3. The zero-order valence-corrected chi connectivity index (χ0v) is 24.3. The first-order valence-corrected chi connectivity index (χ1v) is 14.5.